The Hall–Kier alpha value is -1.82. The number of aromatic nitrogens is 4. The van der Waals surface area contributed by atoms with Crippen molar-refractivity contribution in [2.75, 3.05) is 19.0 Å². The number of rotatable bonds is 7. The number of nitrogens with zero attached hydrogens (tertiary/aromatic N) is 3. The van der Waals surface area contributed by atoms with E-state index in [1.165, 1.54) is 0 Å². The number of H-pyrrole nitrogens is 1. The lowest BCUT2D eigenvalue weighted by Crippen LogP contribution is -2.08. The Kier molecular flexibility index (Phi) is 4.57. The molecule has 0 aliphatic carbocycles. The summed E-state index contributed by atoms with van der Waals surface area (Å²) in [6, 6.07) is 0. The van der Waals surface area contributed by atoms with Gasteiger partial charge in [-0.3, -0.25) is 5.10 Å². The van der Waals surface area contributed by atoms with E-state index in [2.05, 4.69) is 31.3 Å². The number of aromatic amines is 1. The Morgan fingerprint density at radius 1 is 1.42 bits per heavy atom. The highest BCUT2D eigenvalue weighted by Crippen LogP contribution is 2.12. The zero-order chi connectivity index (χ0) is 13.7. The van der Waals surface area contributed by atoms with E-state index in [9.17, 15) is 0 Å². The molecule has 0 aliphatic heterocycles. The fourth-order valence-corrected chi connectivity index (χ4v) is 1.97. The highest BCUT2D eigenvalue weighted by Gasteiger charge is 2.06. The fourth-order valence-electron chi connectivity index (χ4n) is 1.97. The Morgan fingerprint density at radius 2 is 2.26 bits per heavy atom. The van der Waals surface area contributed by atoms with Crippen LogP contribution in [0.3, 0.4) is 0 Å². The Balaban J connectivity index is 1.97. The van der Waals surface area contributed by atoms with Crippen molar-refractivity contribution >= 4 is 5.95 Å². The second-order valence-electron chi connectivity index (χ2n) is 4.62. The van der Waals surface area contributed by atoms with E-state index >= 15 is 0 Å². The summed E-state index contributed by atoms with van der Waals surface area (Å²) in [5, 5.41) is 10.3. The molecule has 2 aromatic heterocycles. The summed E-state index contributed by atoms with van der Waals surface area (Å²) in [5.74, 6) is 0.897. The molecule has 6 nitrogen and oxygen atoms in total. The van der Waals surface area contributed by atoms with Crippen molar-refractivity contribution in [3.8, 4) is 0 Å². The molecule has 0 spiro atoms. The molecule has 0 aromatic carbocycles. The number of imidazole rings is 1. The molecule has 0 bridgehead atoms. The second kappa shape index (κ2) is 6.38. The van der Waals surface area contributed by atoms with Crippen LogP contribution < -0.4 is 5.32 Å². The molecule has 0 amide bonds. The minimum Gasteiger partial charge on any atom is -0.385 e. The van der Waals surface area contributed by atoms with Gasteiger partial charge in [-0.05, 0) is 20.3 Å². The molecular weight excluding hydrogens is 242 g/mol. The molecule has 2 rings (SSSR count). The molecular formula is C13H21N5O. The molecule has 0 unspecified atom stereocenters. The van der Waals surface area contributed by atoms with Crippen LogP contribution in [0.4, 0.5) is 5.95 Å². The van der Waals surface area contributed by atoms with Gasteiger partial charge in [-0.25, -0.2) is 4.98 Å². The van der Waals surface area contributed by atoms with Crippen LogP contribution in [-0.2, 0) is 17.8 Å². The van der Waals surface area contributed by atoms with Crippen LogP contribution in [0.5, 0.6) is 0 Å². The largest absolute Gasteiger partial charge is 0.385 e. The average Bonchev–Trinajstić information content (AvgIpc) is 2.94. The van der Waals surface area contributed by atoms with Gasteiger partial charge in [0.05, 0.1) is 11.9 Å². The quantitative estimate of drug-likeness (QED) is 0.748. The van der Waals surface area contributed by atoms with Crippen LogP contribution in [0.1, 0.15) is 23.4 Å². The molecule has 0 radical (unpaired) electrons. The van der Waals surface area contributed by atoms with Crippen LogP contribution in [-0.4, -0.2) is 33.5 Å². The van der Waals surface area contributed by atoms with Gasteiger partial charge in [0.1, 0.15) is 0 Å². The number of hydrogen-bond acceptors (Lipinski definition) is 4. The van der Waals surface area contributed by atoms with Gasteiger partial charge in [0.25, 0.3) is 0 Å². The van der Waals surface area contributed by atoms with E-state index in [1.54, 1.807) is 7.11 Å². The lowest BCUT2D eigenvalue weighted by atomic mass is 10.3. The number of aryl methyl sites for hydroxylation is 3. The summed E-state index contributed by atoms with van der Waals surface area (Å²) in [6.45, 7) is 6.41. The maximum atomic E-state index is 5.08. The van der Waals surface area contributed by atoms with Crippen molar-refractivity contribution in [3.63, 3.8) is 0 Å². The molecule has 0 saturated carbocycles. The van der Waals surface area contributed by atoms with Crippen LogP contribution in [0.25, 0.3) is 0 Å². The third-order valence-corrected chi connectivity index (χ3v) is 3.02. The van der Waals surface area contributed by atoms with Crippen LogP contribution in [0, 0.1) is 13.8 Å². The Labute approximate surface area is 113 Å². The first kappa shape index (κ1) is 13.6. The van der Waals surface area contributed by atoms with Gasteiger partial charge in [0.15, 0.2) is 0 Å². The second-order valence-corrected chi connectivity index (χ2v) is 4.62. The molecule has 19 heavy (non-hydrogen) atoms. The minimum atomic E-state index is 0.725. The summed E-state index contributed by atoms with van der Waals surface area (Å²) in [7, 11) is 1.72. The first-order valence-corrected chi connectivity index (χ1v) is 6.46. The maximum Gasteiger partial charge on any atom is 0.203 e. The van der Waals surface area contributed by atoms with Gasteiger partial charge in [0, 0.05) is 44.3 Å². The Bertz CT molecular complexity index is 517. The van der Waals surface area contributed by atoms with Crippen LogP contribution in [0.2, 0.25) is 0 Å². The molecule has 2 N–H and O–H groups in total. The fraction of sp³-hybridized carbons (Fsp3) is 0.538. The number of methoxy groups -OCH3 is 1. The first-order valence-electron chi connectivity index (χ1n) is 6.46. The van der Waals surface area contributed by atoms with E-state index in [-0.39, 0.29) is 0 Å². The monoisotopic (exact) mass is 263 g/mol. The zero-order valence-electron chi connectivity index (χ0n) is 11.7. The van der Waals surface area contributed by atoms with Crippen LogP contribution >= 0.6 is 0 Å². The summed E-state index contributed by atoms with van der Waals surface area (Å²) in [6.07, 6.45) is 4.87. The van der Waals surface area contributed by atoms with Gasteiger partial charge in [0.2, 0.25) is 5.95 Å². The summed E-state index contributed by atoms with van der Waals surface area (Å²) < 4.78 is 7.21. The number of hydrogen-bond donors (Lipinski definition) is 2. The summed E-state index contributed by atoms with van der Waals surface area (Å²) >= 11 is 0. The molecule has 0 atom stereocenters. The minimum absolute atomic E-state index is 0.725. The third-order valence-electron chi connectivity index (χ3n) is 3.02. The molecule has 0 aliphatic rings. The van der Waals surface area contributed by atoms with Crippen molar-refractivity contribution in [2.24, 2.45) is 0 Å². The van der Waals surface area contributed by atoms with Crippen molar-refractivity contribution in [1.29, 1.82) is 0 Å². The predicted octanol–water partition coefficient (Wildman–Crippen LogP) is 1.87. The maximum absolute atomic E-state index is 5.08. The van der Waals surface area contributed by atoms with E-state index in [4.69, 9.17) is 4.74 Å². The highest BCUT2D eigenvalue weighted by atomic mass is 16.5. The number of nitrogens with one attached hydrogen (secondary N) is 2. The Morgan fingerprint density at radius 3 is 2.95 bits per heavy atom. The van der Waals surface area contributed by atoms with Gasteiger partial charge in [-0.1, -0.05) is 0 Å². The molecule has 104 valence electrons. The molecule has 2 aromatic rings. The predicted molar refractivity (Wildman–Crippen MR) is 74.1 cm³/mol. The molecule has 6 heteroatoms. The molecule has 0 fully saturated rings. The SMILES string of the molecule is COCCCn1cc(C)nc1NCc1cn[nH]c1C. The topological polar surface area (TPSA) is 67.8 Å². The van der Waals surface area contributed by atoms with Crippen molar-refractivity contribution in [2.45, 2.75) is 33.4 Å². The van der Waals surface area contributed by atoms with Gasteiger partial charge < -0.3 is 14.6 Å². The first-order chi connectivity index (χ1) is 9.20. The van der Waals surface area contributed by atoms with E-state index in [0.29, 0.717) is 0 Å². The highest BCUT2D eigenvalue weighted by molar-refractivity contribution is 5.31. The van der Waals surface area contributed by atoms with Crippen molar-refractivity contribution < 1.29 is 4.74 Å². The average molecular weight is 263 g/mol. The lowest BCUT2D eigenvalue weighted by molar-refractivity contribution is 0.190. The zero-order valence-corrected chi connectivity index (χ0v) is 11.7. The van der Waals surface area contributed by atoms with Gasteiger partial charge in [-0.2, -0.15) is 5.10 Å². The van der Waals surface area contributed by atoms with Gasteiger partial charge >= 0.3 is 0 Å². The van der Waals surface area contributed by atoms with Gasteiger partial charge in [-0.15, -0.1) is 0 Å². The van der Waals surface area contributed by atoms with Crippen LogP contribution in [0.15, 0.2) is 12.4 Å². The third kappa shape index (κ3) is 3.57. The number of anilines is 1. The lowest BCUT2D eigenvalue weighted by Gasteiger charge is -2.09. The van der Waals surface area contributed by atoms with E-state index in [1.807, 2.05) is 20.0 Å². The van der Waals surface area contributed by atoms with E-state index in [0.717, 1.165) is 49.0 Å². The van der Waals surface area contributed by atoms with Crippen molar-refractivity contribution in [1.82, 2.24) is 19.7 Å². The molecule has 0 saturated heterocycles. The summed E-state index contributed by atoms with van der Waals surface area (Å²) in [4.78, 5) is 4.50. The molecule has 2 heterocycles. The standard InChI is InChI=1S/C13H21N5O/c1-10-9-18(5-4-6-19-3)13(16-10)14-7-12-8-15-17-11(12)2/h8-9H,4-7H2,1-3H3,(H,14,16)(H,15,17). The van der Waals surface area contributed by atoms with Crippen molar-refractivity contribution in [3.05, 3.63) is 29.3 Å². The summed E-state index contributed by atoms with van der Waals surface area (Å²) in [5.41, 5.74) is 3.26. The number of ether oxygens (including phenoxy) is 1. The normalized spacial score (nSPS) is 10.9. The smallest absolute Gasteiger partial charge is 0.203 e. The van der Waals surface area contributed by atoms with E-state index < -0.39 is 0 Å².